The maximum Gasteiger partial charge on any atom is 0.130 e. The van der Waals surface area contributed by atoms with Gasteiger partial charge in [0, 0.05) is 17.9 Å². The first-order valence-electron chi connectivity index (χ1n) is 4.84. The first kappa shape index (κ1) is 12.1. The van der Waals surface area contributed by atoms with Gasteiger partial charge < -0.3 is 0 Å². The average molecular weight is 280 g/mol. The Bertz CT molecular complexity index is 305. The smallest absolute Gasteiger partial charge is 0.130 e. The van der Waals surface area contributed by atoms with Crippen LogP contribution in [0.5, 0.6) is 0 Å². The van der Waals surface area contributed by atoms with Crippen molar-refractivity contribution in [3.05, 3.63) is 16.4 Å². The van der Waals surface area contributed by atoms with Crippen LogP contribution >= 0.6 is 27.5 Å². The summed E-state index contributed by atoms with van der Waals surface area (Å²) in [5.41, 5.74) is 2.25. The first-order chi connectivity index (χ1) is 6.60. The quantitative estimate of drug-likeness (QED) is 0.773. The van der Waals surface area contributed by atoms with Crippen LogP contribution in [0.25, 0.3) is 0 Å². The van der Waals surface area contributed by atoms with Crippen LogP contribution in [0, 0.1) is 12.8 Å². The van der Waals surface area contributed by atoms with Crippen molar-refractivity contribution in [3.63, 3.8) is 0 Å². The lowest BCUT2D eigenvalue weighted by Gasteiger charge is -2.10. The van der Waals surface area contributed by atoms with Gasteiger partial charge in [-0.2, -0.15) is 5.10 Å². The minimum absolute atomic E-state index is 0.649. The predicted molar refractivity (Wildman–Crippen MR) is 64.2 cm³/mol. The van der Waals surface area contributed by atoms with Gasteiger partial charge in [0.2, 0.25) is 0 Å². The lowest BCUT2D eigenvalue weighted by molar-refractivity contribution is 0.572. The molecule has 80 valence electrons. The minimum atomic E-state index is 0.649. The molecule has 1 rings (SSSR count). The summed E-state index contributed by atoms with van der Waals surface area (Å²) in [5, 5.41) is 6.10. The van der Waals surface area contributed by atoms with Crippen molar-refractivity contribution in [2.75, 3.05) is 5.33 Å². The molecule has 2 nitrogen and oxygen atoms in total. The van der Waals surface area contributed by atoms with Crippen molar-refractivity contribution in [1.82, 2.24) is 9.78 Å². The number of hydrogen-bond donors (Lipinski definition) is 0. The SMILES string of the molecule is CCC(CBr)Cc1c(C)nn(C)c1Cl. The molecule has 1 heterocycles. The van der Waals surface area contributed by atoms with E-state index in [9.17, 15) is 0 Å². The van der Waals surface area contributed by atoms with Crippen LogP contribution < -0.4 is 0 Å². The molecule has 4 heteroatoms. The topological polar surface area (TPSA) is 17.8 Å². The van der Waals surface area contributed by atoms with Crippen molar-refractivity contribution in [3.8, 4) is 0 Å². The molecule has 1 atom stereocenters. The van der Waals surface area contributed by atoms with E-state index in [2.05, 4.69) is 28.0 Å². The normalized spacial score (nSPS) is 13.2. The van der Waals surface area contributed by atoms with Gasteiger partial charge in [-0.25, -0.2) is 0 Å². The predicted octanol–water partition coefficient (Wildman–Crippen LogP) is 3.35. The largest absolute Gasteiger partial charge is 0.257 e. The Morgan fingerprint density at radius 1 is 1.57 bits per heavy atom. The van der Waals surface area contributed by atoms with Gasteiger partial charge in [-0.1, -0.05) is 40.9 Å². The van der Waals surface area contributed by atoms with E-state index in [1.807, 2.05) is 14.0 Å². The number of nitrogens with zero attached hydrogens (tertiary/aromatic N) is 2. The summed E-state index contributed by atoms with van der Waals surface area (Å²) in [7, 11) is 1.88. The molecule has 0 aromatic carbocycles. The van der Waals surface area contributed by atoms with Crippen LogP contribution in [0.15, 0.2) is 0 Å². The molecule has 0 bridgehead atoms. The van der Waals surface area contributed by atoms with Crippen molar-refractivity contribution in [1.29, 1.82) is 0 Å². The molecular formula is C10H16BrClN2. The Morgan fingerprint density at radius 3 is 2.57 bits per heavy atom. The second-order valence-corrected chi connectivity index (χ2v) is 4.62. The summed E-state index contributed by atoms with van der Waals surface area (Å²) in [5.74, 6) is 0.649. The van der Waals surface area contributed by atoms with Crippen LogP contribution in [0.4, 0.5) is 0 Å². The lowest BCUT2D eigenvalue weighted by atomic mass is 9.99. The highest BCUT2D eigenvalue weighted by atomic mass is 79.9. The maximum atomic E-state index is 6.16. The highest BCUT2D eigenvalue weighted by Gasteiger charge is 2.15. The number of hydrogen-bond acceptors (Lipinski definition) is 1. The van der Waals surface area contributed by atoms with Gasteiger partial charge >= 0.3 is 0 Å². The Morgan fingerprint density at radius 2 is 2.21 bits per heavy atom. The van der Waals surface area contributed by atoms with Crippen LogP contribution in [0.2, 0.25) is 5.15 Å². The second-order valence-electron chi connectivity index (χ2n) is 3.61. The van der Waals surface area contributed by atoms with E-state index in [-0.39, 0.29) is 0 Å². The fourth-order valence-electron chi connectivity index (χ4n) is 1.50. The summed E-state index contributed by atoms with van der Waals surface area (Å²) < 4.78 is 1.74. The fourth-order valence-corrected chi connectivity index (χ4v) is 2.44. The van der Waals surface area contributed by atoms with Gasteiger partial charge in [-0.3, -0.25) is 4.68 Å². The zero-order valence-corrected chi connectivity index (χ0v) is 11.2. The van der Waals surface area contributed by atoms with E-state index in [0.717, 1.165) is 29.0 Å². The molecule has 1 aromatic heterocycles. The van der Waals surface area contributed by atoms with Crippen molar-refractivity contribution in [2.24, 2.45) is 13.0 Å². The summed E-state index contributed by atoms with van der Waals surface area (Å²) in [6, 6.07) is 0. The number of halogens is 2. The molecule has 0 aliphatic carbocycles. The molecule has 0 N–H and O–H groups in total. The van der Waals surface area contributed by atoms with Crippen molar-refractivity contribution < 1.29 is 0 Å². The highest BCUT2D eigenvalue weighted by molar-refractivity contribution is 9.09. The molecule has 0 amide bonds. The molecule has 0 aliphatic heterocycles. The van der Waals surface area contributed by atoms with Gasteiger partial charge in [0.25, 0.3) is 0 Å². The first-order valence-corrected chi connectivity index (χ1v) is 6.34. The van der Waals surface area contributed by atoms with Crippen LogP contribution in [-0.4, -0.2) is 15.1 Å². The standard InChI is InChI=1S/C10H16BrClN2/c1-4-8(6-11)5-9-7(2)13-14(3)10(9)12/h8H,4-6H2,1-3H3. The molecule has 0 aliphatic rings. The Hall–Kier alpha value is -0.0200. The average Bonchev–Trinajstić information content (AvgIpc) is 2.40. The Kier molecular flexibility index (Phi) is 4.45. The molecule has 0 spiro atoms. The fraction of sp³-hybridized carbons (Fsp3) is 0.700. The monoisotopic (exact) mass is 278 g/mol. The van der Waals surface area contributed by atoms with Gasteiger partial charge in [0.05, 0.1) is 5.69 Å². The number of aryl methyl sites for hydroxylation is 2. The third kappa shape index (κ3) is 2.51. The summed E-state index contributed by atoms with van der Waals surface area (Å²) >= 11 is 9.68. The van der Waals surface area contributed by atoms with E-state index in [4.69, 9.17) is 11.6 Å². The zero-order valence-electron chi connectivity index (χ0n) is 8.85. The molecule has 1 aromatic rings. The van der Waals surface area contributed by atoms with Crippen LogP contribution in [-0.2, 0) is 13.5 Å². The van der Waals surface area contributed by atoms with Crippen molar-refractivity contribution >= 4 is 27.5 Å². The van der Waals surface area contributed by atoms with Gasteiger partial charge in [-0.15, -0.1) is 0 Å². The van der Waals surface area contributed by atoms with E-state index < -0.39 is 0 Å². The highest BCUT2D eigenvalue weighted by Crippen LogP contribution is 2.24. The van der Waals surface area contributed by atoms with Gasteiger partial charge in [0.15, 0.2) is 0 Å². The maximum absolute atomic E-state index is 6.16. The van der Waals surface area contributed by atoms with Crippen LogP contribution in [0.3, 0.4) is 0 Å². The summed E-state index contributed by atoms with van der Waals surface area (Å²) in [4.78, 5) is 0. The molecule has 14 heavy (non-hydrogen) atoms. The number of aromatic nitrogens is 2. The number of alkyl halides is 1. The zero-order chi connectivity index (χ0) is 10.7. The molecule has 0 radical (unpaired) electrons. The lowest BCUT2D eigenvalue weighted by Crippen LogP contribution is -2.05. The number of rotatable bonds is 4. The van der Waals surface area contributed by atoms with Crippen LogP contribution in [0.1, 0.15) is 24.6 Å². The van der Waals surface area contributed by atoms with E-state index in [1.165, 1.54) is 5.56 Å². The van der Waals surface area contributed by atoms with E-state index in [0.29, 0.717) is 5.92 Å². The minimum Gasteiger partial charge on any atom is -0.257 e. The van der Waals surface area contributed by atoms with Gasteiger partial charge in [0.1, 0.15) is 5.15 Å². The van der Waals surface area contributed by atoms with E-state index in [1.54, 1.807) is 4.68 Å². The molecule has 0 fully saturated rings. The summed E-state index contributed by atoms with van der Waals surface area (Å²) in [6.07, 6.45) is 2.18. The summed E-state index contributed by atoms with van der Waals surface area (Å²) in [6.45, 7) is 4.22. The van der Waals surface area contributed by atoms with Gasteiger partial charge in [-0.05, 0) is 19.3 Å². The third-order valence-electron chi connectivity index (χ3n) is 2.56. The van der Waals surface area contributed by atoms with Crippen molar-refractivity contribution in [2.45, 2.75) is 26.7 Å². The molecule has 1 unspecified atom stereocenters. The molecule has 0 saturated carbocycles. The van der Waals surface area contributed by atoms with E-state index >= 15 is 0 Å². The second kappa shape index (κ2) is 5.17. The third-order valence-corrected chi connectivity index (χ3v) is 3.95. The Balaban J connectivity index is 2.84. The molecule has 0 saturated heterocycles. The Labute approximate surface area is 98.8 Å². The molecular weight excluding hydrogens is 263 g/mol.